The van der Waals surface area contributed by atoms with Crippen molar-refractivity contribution in [3.63, 3.8) is 0 Å². The molecule has 1 aromatic rings. The fraction of sp³-hybridized carbons (Fsp3) is 0.571. The first-order valence-corrected chi connectivity index (χ1v) is 7.30. The Morgan fingerprint density at radius 1 is 1.39 bits per heavy atom. The molecule has 0 fully saturated rings. The summed E-state index contributed by atoms with van der Waals surface area (Å²) in [6, 6.07) is 9.09. The van der Waals surface area contributed by atoms with E-state index in [4.69, 9.17) is 9.47 Å². The van der Waals surface area contributed by atoms with Crippen LogP contribution in [-0.4, -0.2) is 39.2 Å². The van der Waals surface area contributed by atoms with Crippen molar-refractivity contribution in [2.24, 2.45) is 0 Å². The standard InChI is InChI=1S/C14H21NO2S/c1-16-10-11(17-2)9-15-13-7-8-18-14-6-4-3-5-12(13)14/h3-6,11,13,15H,7-10H2,1-2H3. The first kappa shape index (κ1) is 13.9. The van der Waals surface area contributed by atoms with Gasteiger partial charge >= 0.3 is 0 Å². The lowest BCUT2D eigenvalue weighted by Gasteiger charge is -2.27. The summed E-state index contributed by atoms with van der Waals surface area (Å²) in [7, 11) is 3.44. The summed E-state index contributed by atoms with van der Waals surface area (Å²) in [6.07, 6.45) is 1.29. The van der Waals surface area contributed by atoms with Gasteiger partial charge in [-0.3, -0.25) is 0 Å². The van der Waals surface area contributed by atoms with E-state index in [0.717, 1.165) is 6.54 Å². The van der Waals surface area contributed by atoms with Crippen molar-refractivity contribution in [1.82, 2.24) is 5.32 Å². The second-order valence-electron chi connectivity index (χ2n) is 4.45. The van der Waals surface area contributed by atoms with Crippen molar-refractivity contribution in [3.05, 3.63) is 29.8 Å². The van der Waals surface area contributed by atoms with Crippen LogP contribution in [0.15, 0.2) is 29.2 Å². The van der Waals surface area contributed by atoms with Gasteiger partial charge in [-0.05, 0) is 23.8 Å². The minimum atomic E-state index is 0.122. The Kier molecular flexibility index (Phi) is 5.50. The molecule has 1 aromatic carbocycles. The van der Waals surface area contributed by atoms with Crippen LogP contribution < -0.4 is 5.32 Å². The van der Waals surface area contributed by atoms with E-state index in [1.165, 1.54) is 22.6 Å². The van der Waals surface area contributed by atoms with Crippen LogP contribution in [0.1, 0.15) is 18.0 Å². The van der Waals surface area contributed by atoms with Crippen LogP contribution >= 0.6 is 11.8 Å². The van der Waals surface area contributed by atoms with E-state index in [-0.39, 0.29) is 6.10 Å². The molecule has 0 amide bonds. The van der Waals surface area contributed by atoms with Gasteiger partial charge in [0.2, 0.25) is 0 Å². The zero-order chi connectivity index (χ0) is 12.8. The van der Waals surface area contributed by atoms with Crippen molar-refractivity contribution in [1.29, 1.82) is 0 Å². The third-order valence-electron chi connectivity index (χ3n) is 3.24. The zero-order valence-electron chi connectivity index (χ0n) is 11.0. The maximum Gasteiger partial charge on any atom is 0.0928 e. The summed E-state index contributed by atoms with van der Waals surface area (Å²) in [6.45, 7) is 1.46. The summed E-state index contributed by atoms with van der Waals surface area (Å²) in [5.41, 5.74) is 1.42. The number of fused-ring (bicyclic) bond motifs is 1. The molecule has 2 rings (SSSR count). The molecule has 0 spiro atoms. The van der Waals surface area contributed by atoms with E-state index in [1.807, 2.05) is 11.8 Å². The van der Waals surface area contributed by atoms with Crippen LogP contribution in [0, 0.1) is 0 Å². The van der Waals surface area contributed by atoms with E-state index in [9.17, 15) is 0 Å². The van der Waals surface area contributed by atoms with Crippen LogP contribution in [0.2, 0.25) is 0 Å². The number of hydrogen-bond acceptors (Lipinski definition) is 4. The summed E-state index contributed by atoms with van der Waals surface area (Å²) < 4.78 is 10.5. The smallest absolute Gasteiger partial charge is 0.0928 e. The van der Waals surface area contributed by atoms with Gasteiger partial charge in [0.25, 0.3) is 0 Å². The van der Waals surface area contributed by atoms with E-state index in [2.05, 4.69) is 29.6 Å². The maximum atomic E-state index is 5.38. The van der Waals surface area contributed by atoms with E-state index >= 15 is 0 Å². The highest BCUT2D eigenvalue weighted by Gasteiger charge is 2.20. The molecule has 0 bridgehead atoms. The number of benzene rings is 1. The third-order valence-corrected chi connectivity index (χ3v) is 4.36. The molecule has 3 nitrogen and oxygen atoms in total. The molecule has 1 N–H and O–H groups in total. The first-order valence-electron chi connectivity index (χ1n) is 6.32. The number of ether oxygens (including phenoxy) is 2. The Morgan fingerprint density at radius 2 is 2.22 bits per heavy atom. The molecule has 1 heterocycles. The molecule has 0 aliphatic carbocycles. The van der Waals surface area contributed by atoms with Crippen molar-refractivity contribution < 1.29 is 9.47 Å². The van der Waals surface area contributed by atoms with Gasteiger partial charge < -0.3 is 14.8 Å². The van der Waals surface area contributed by atoms with Crippen molar-refractivity contribution in [3.8, 4) is 0 Å². The molecule has 2 unspecified atom stereocenters. The Balaban J connectivity index is 1.94. The largest absolute Gasteiger partial charge is 0.382 e. The van der Waals surface area contributed by atoms with Crippen molar-refractivity contribution in [2.75, 3.05) is 33.1 Å². The zero-order valence-corrected chi connectivity index (χ0v) is 11.8. The molecule has 100 valence electrons. The highest BCUT2D eigenvalue weighted by atomic mass is 32.2. The fourth-order valence-electron chi connectivity index (χ4n) is 2.22. The SMILES string of the molecule is COCC(CNC1CCSc2ccccc21)OC. The lowest BCUT2D eigenvalue weighted by Crippen LogP contribution is -2.35. The minimum Gasteiger partial charge on any atom is -0.382 e. The Labute approximate surface area is 113 Å². The molecule has 0 saturated carbocycles. The van der Waals surface area contributed by atoms with E-state index in [0.29, 0.717) is 12.6 Å². The minimum absolute atomic E-state index is 0.122. The van der Waals surface area contributed by atoms with Crippen LogP contribution in [0.4, 0.5) is 0 Å². The van der Waals surface area contributed by atoms with Crippen LogP contribution in [-0.2, 0) is 9.47 Å². The maximum absolute atomic E-state index is 5.38. The Hall–Kier alpha value is -0.550. The number of hydrogen-bond donors (Lipinski definition) is 1. The number of methoxy groups -OCH3 is 2. The van der Waals surface area contributed by atoms with Gasteiger partial charge in [-0.25, -0.2) is 0 Å². The quantitative estimate of drug-likeness (QED) is 0.858. The summed E-state index contributed by atoms with van der Waals surface area (Å²) in [5, 5.41) is 3.60. The number of nitrogens with one attached hydrogen (secondary N) is 1. The second kappa shape index (κ2) is 7.14. The predicted octanol–water partition coefficient (Wildman–Crippen LogP) is 2.47. The normalized spacial score (nSPS) is 20.4. The molecule has 18 heavy (non-hydrogen) atoms. The van der Waals surface area contributed by atoms with Crippen LogP contribution in [0.5, 0.6) is 0 Å². The highest BCUT2D eigenvalue weighted by Crippen LogP contribution is 2.35. The van der Waals surface area contributed by atoms with Gasteiger partial charge in [0.15, 0.2) is 0 Å². The van der Waals surface area contributed by atoms with Gasteiger partial charge in [0.1, 0.15) is 0 Å². The van der Waals surface area contributed by atoms with Gasteiger partial charge in [-0.15, -0.1) is 11.8 Å². The van der Waals surface area contributed by atoms with Gasteiger partial charge in [-0.2, -0.15) is 0 Å². The monoisotopic (exact) mass is 267 g/mol. The molecule has 0 radical (unpaired) electrons. The lowest BCUT2D eigenvalue weighted by molar-refractivity contribution is 0.0272. The second-order valence-corrected chi connectivity index (χ2v) is 5.59. The lowest BCUT2D eigenvalue weighted by atomic mass is 10.0. The molecular weight excluding hydrogens is 246 g/mol. The molecule has 2 atom stereocenters. The van der Waals surface area contributed by atoms with Gasteiger partial charge in [0, 0.05) is 31.7 Å². The van der Waals surface area contributed by atoms with E-state index in [1.54, 1.807) is 14.2 Å². The van der Waals surface area contributed by atoms with Crippen molar-refractivity contribution >= 4 is 11.8 Å². The molecule has 0 saturated heterocycles. The Morgan fingerprint density at radius 3 is 3.00 bits per heavy atom. The third kappa shape index (κ3) is 3.48. The molecular formula is C14H21NO2S. The summed E-state index contributed by atoms with van der Waals surface area (Å²) in [4.78, 5) is 1.40. The average molecular weight is 267 g/mol. The predicted molar refractivity (Wildman–Crippen MR) is 75.2 cm³/mol. The summed E-state index contributed by atoms with van der Waals surface area (Å²) in [5.74, 6) is 1.18. The molecule has 1 aliphatic heterocycles. The van der Waals surface area contributed by atoms with Gasteiger partial charge in [-0.1, -0.05) is 18.2 Å². The first-order chi connectivity index (χ1) is 8.85. The molecule has 1 aliphatic rings. The van der Waals surface area contributed by atoms with Crippen LogP contribution in [0.3, 0.4) is 0 Å². The summed E-state index contributed by atoms with van der Waals surface area (Å²) >= 11 is 1.95. The van der Waals surface area contributed by atoms with Crippen LogP contribution in [0.25, 0.3) is 0 Å². The fourth-order valence-corrected chi connectivity index (χ4v) is 3.35. The molecule has 0 aromatic heterocycles. The van der Waals surface area contributed by atoms with Crippen molar-refractivity contribution in [2.45, 2.75) is 23.5 Å². The topological polar surface area (TPSA) is 30.5 Å². The average Bonchev–Trinajstić information content (AvgIpc) is 2.43. The van der Waals surface area contributed by atoms with Gasteiger partial charge in [0.05, 0.1) is 12.7 Å². The highest BCUT2D eigenvalue weighted by molar-refractivity contribution is 7.99. The van der Waals surface area contributed by atoms with E-state index < -0.39 is 0 Å². The number of thioether (sulfide) groups is 1. The molecule has 4 heteroatoms. The number of rotatable bonds is 6. The Bertz CT molecular complexity index is 373.